The van der Waals surface area contributed by atoms with Gasteiger partial charge in [0.25, 0.3) is 0 Å². The van der Waals surface area contributed by atoms with E-state index in [0.29, 0.717) is 17.1 Å². The van der Waals surface area contributed by atoms with Gasteiger partial charge in [-0.05, 0) is 33.9 Å². The van der Waals surface area contributed by atoms with E-state index in [2.05, 4.69) is 61.6 Å². The van der Waals surface area contributed by atoms with Gasteiger partial charge >= 0.3 is 0 Å². The molecule has 1 atom stereocenters. The Morgan fingerprint density at radius 2 is 1.84 bits per heavy atom. The van der Waals surface area contributed by atoms with Crippen molar-refractivity contribution in [2.24, 2.45) is 0 Å². The quantitative estimate of drug-likeness (QED) is 0.752. The van der Waals surface area contributed by atoms with E-state index in [1.54, 1.807) is 6.33 Å². The van der Waals surface area contributed by atoms with Crippen LogP contribution in [-0.4, -0.2) is 48.1 Å². The first-order valence-corrected chi connectivity index (χ1v) is 7.18. The van der Waals surface area contributed by atoms with Crippen molar-refractivity contribution in [1.82, 2.24) is 14.9 Å². The average molecular weight is 285 g/mol. The maximum atomic E-state index is 6.25. The van der Waals surface area contributed by atoms with Gasteiger partial charge in [0.1, 0.15) is 17.3 Å². The summed E-state index contributed by atoms with van der Waals surface area (Å²) in [5.41, 5.74) is 1.04. The molecule has 0 bridgehead atoms. The van der Waals surface area contributed by atoms with E-state index >= 15 is 0 Å². The number of hydrogen-bond acceptors (Lipinski definition) is 4. The Kier molecular flexibility index (Phi) is 6.01. The van der Waals surface area contributed by atoms with Crippen molar-refractivity contribution in [1.29, 1.82) is 0 Å². The molecule has 1 unspecified atom stereocenters. The minimum Gasteiger partial charge on any atom is -0.353 e. The van der Waals surface area contributed by atoms with Crippen molar-refractivity contribution in [3.8, 4) is 0 Å². The van der Waals surface area contributed by atoms with Gasteiger partial charge in [-0.3, -0.25) is 0 Å². The molecule has 19 heavy (non-hydrogen) atoms. The Hall–Kier alpha value is -0.870. The molecule has 0 saturated carbocycles. The molecule has 0 aliphatic carbocycles. The highest BCUT2D eigenvalue weighted by molar-refractivity contribution is 6.30. The molecule has 0 amide bonds. The third kappa shape index (κ3) is 4.05. The average Bonchev–Trinajstić information content (AvgIpc) is 2.28. The van der Waals surface area contributed by atoms with Crippen LogP contribution < -0.4 is 4.90 Å². The van der Waals surface area contributed by atoms with E-state index in [-0.39, 0.29) is 0 Å². The molecule has 5 heteroatoms. The highest BCUT2D eigenvalue weighted by atomic mass is 35.5. The van der Waals surface area contributed by atoms with E-state index < -0.39 is 0 Å². The molecule has 0 N–H and O–H groups in total. The van der Waals surface area contributed by atoms with Crippen LogP contribution in [0.25, 0.3) is 0 Å². The normalized spacial score (nSPS) is 13.1. The maximum absolute atomic E-state index is 6.25. The molecule has 0 aliphatic heterocycles. The highest BCUT2D eigenvalue weighted by Gasteiger charge is 2.21. The summed E-state index contributed by atoms with van der Waals surface area (Å²) in [7, 11) is 4.17. The Morgan fingerprint density at radius 3 is 2.32 bits per heavy atom. The summed E-state index contributed by atoms with van der Waals surface area (Å²) in [6.45, 7) is 10.5. The lowest BCUT2D eigenvalue weighted by Gasteiger charge is -2.33. The zero-order chi connectivity index (χ0) is 14.6. The van der Waals surface area contributed by atoms with Crippen LogP contribution in [0.5, 0.6) is 0 Å². The largest absolute Gasteiger partial charge is 0.353 e. The highest BCUT2D eigenvalue weighted by Crippen LogP contribution is 2.31. The molecule has 0 aromatic carbocycles. The number of aromatic nitrogens is 2. The van der Waals surface area contributed by atoms with Crippen LogP contribution in [0.15, 0.2) is 6.33 Å². The first-order valence-electron chi connectivity index (χ1n) is 6.80. The fraction of sp³-hybridized carbons (Fsp3) is 0.714. The minimum absolute atomic E-state index is 0.310. The van der Waals surface area contributed by atoms with Crippen molar-refractivity contribution >= 4 is 17.4 Å². The van der Waals surface area contributed by atoms with Crippen LogP contribution in [0.3, 0.4) is 0 Å². The number of anilines is 1. The number of likely N-dealkylation sites (N-methyl/N-ethyl adjacent to an activating group) is 2. The second kappa shape index (κ2) is 7.06. The maximum Gasteiger partial charge on any atom is 0.138 e. The van der Waals surface area contributed by atoms with Crippen LogP contribution in [0.2, 0.25) is 5.15 Å². The smallest absolute Gasteiger partial charge is 0.138 e. The molecular formula is C14H25ClN4. The Balaban J connectivity index is 3.14. The Bertz CT molecular complexity index is 406. The van der Waals surface area contributed by atoms with Crippen molar-refractivity contribution in [2.45, 2.75) is 39.7 Å². The summed E-state index contributed by atoms with van der Waals surface area (Å²) < 4.78 is 0. The Labute approximate surface area is 121 Å². The molecule has 0 saturated heterocycles. The topological polar surface area (TPSA) is 32.3 Å². The van der Waals surface area contributed by atoms with E-state index in [0.717, 1.165) is 24.5 Å². The predicted molar refractivity (Wildman–Crippen MR) is 82.2 cm³/mol. The van der Waals surface area contributed by atoms with Crippen molar-refractivity contribution in [2.75, 3.05) is 32.1 Å². The molecule has 0 fully saturated rings. The van der Waals surface area contributed by atoms with E-state index in [9.17, 15) is 0 Å². The van der Waals surface area contributed by atoms with Crippen LogP contribution in [0.4, 0.5) is 5.82 Å². The van der Waals surface area contributed by atoms with E-state index in [1.807, 2.05) is 0 Å². The zero-order valence-corrected chi connectivity index (χ0v) is 13.6. The summed E-state index contributed by atoms with van der Waals surface area (Å²) in [5, 5.41) is 0.565. The molecule has 1 heterocycles. The lowest BCUT2D eigenvalue weighted by atomic mass is 10.0. The molecule has 108 valence electrons. The molecule has 4 nitrogen and oxygen atoms in total. The molecule has 1 rings (SSSR count). The van der Waals surface area contributed by atoms with Crippen LogP contribution >= 0.6 is 11.6 Å². The molecule has 1 aromatic rings. The second-order valence-corrected chi connectivity index (χ2v) is 5.81. The number of hydrogen-bond donors (Lipinski definition) is 0. The third-order valence-electron chi connectivity index (χ3n) is 3.17. The zero-order valence-electron chi connectivity index (χ0n) is 12.8. The first kappa shape index (κ1) is 16.2. The molecule has 0 aliphatic rings. The summed E-state index contributed by atoms with van der Waals surface area (Å²) in [6, 6.07) is 0.378. The molecule has 0 radical (unpaired) electrons. The number of nitrogens with zero attached hydrogens (tertiary/aromatic N) is 4. The molecule has 1 aromatic heterocycles. The molecular weight excluding hydrogens is 260 g/mol. The summed E-state index contributed by atoms with van der Waals surface area (Å²) in [4.78, 5) is 13.1. The van der Waals surface area contributed by atoms with Gasteiger partial charge in [0.15, 0.2) is 0 Å². The SMILES string of the molecule is CCN(c1ncnc(Cl)c1C(C)C)C(C)CN(C)C. The predicted octanol–water partition coefficient (Wildman–Crippen LogP) is 3.03. The Morgan fingerprint density at radius 1 is 1.21 bits per heavy atom. The van der Waals surface area contributed by atoms with Crippen molar-refractivity contribution < 1.29 is 0 Å². The monoisotopic (exact) mass is 284 g/mol. The van der Waals surface area contributed by atoms with Gasteiger partial charge < -0.3 is 9.80 Å². The van der Waals surface area contributed by atoms with Gasteiger partial charge in [0.05, 0.1) is 0 Å². The number of rotatable bonds is 6. The van der Waals surface area contributed by atoms with Gasteiger partial charge in [0, 0.05) is 24.7 Å². The minimum atomic E-state index is 0.310. The lowest BCUT2D eigenvalue weighted by Crippen LogP contribution is -2.41. The summed E-state index contributed by atoms with van der Waals surface area (Å²) >= 11 is 6.25. The van der Waals surface area contributed by atoms with Crippen LogP contribution in [0.1, 0.15) is 39.2 Å². The van der Waals surface area contributed by atoms with Gasteiger partial charge in [0.2, 0.25) is 0 Å². The summed E-state index contributed by atoms with van der Waals surface area (Å²) in [6.07, 6.45) is 1.55. The third-order valence-corrected chi connectivity index (χ3v) is 3.47. The van der Waals surface area contributed by atoms with E-state index in [1.165, 1.54) is 0 Å². The standard InChI is InChI=1S/C14H25ClN4/c1-7-19(11(4)8-18(5)6)14-12(10(2)3)13(15)16-9-17-14/h9-11H,7-8H2,1-6H3. The fourth-order valence-electron chi connectivity index (χ4n) is 2.39. The van der Waals surface area contributed by atoms with Gasteiger partial charge in [-0.15, -0.1) is 0 Å². The summed E-state index contributed by atoms with van der Waals surface area (Å²) in [5.74, 6) is 1.27. The van der Waals surface area contributed by atoms with Crippen molar-refractivity contribution in [3.05, 3.63) is 17.0 Å². The first-order chi connectivity index (χ1) is 8.88. The fourth-order valence-corrected chi connectivity index (χ4v) is 2.73. The second-order valence-electron chi connectivity index (χ2n) is 5.45. The van der Waals surface area contributed by atoms with Crippen LogP contribution in [-0.2, 0) is 0 Å². The van der Waals surface area contributed by atoms with Crippen molar-refractivity contribution in [3.63, 3.8) is 0 Å². The lowest BCUT2D eigenvalue weighted by molar-refractivity contribution is 0.371. The number of halogens is 1. The molecule has 0 spiro atoms. The van der Waals surface area contributed by atoms with Gasteiger partial charge in [-0.25, -0.2) is 9.97 Å². The van der Waals surface area contributed by atoms with Gasteiger partial charge in [-0.2, -0.15) is 0 Å². The van der Waals surface area contributed by atoms with Crippen LogP contribution in [0, 0.1) is 0 Å². The van der Waals surface area contributed by atoms with E-state index in [4.69, 9.17) is 11.6 Å². The van der Waals surface area contributed by atoms with Gasteiger partial charge in [-0.1, -0.05) is 25.4 Å².